The van der Waals surface area contributed by atoms with Crippen molar-refractivity contribution >= 4 is 15.2 Å². The summed E-state index contributed by atoms with van der Waals surface area (Å²) in [5, 5.41) is 0. The molecule has 90 valence electrons. The topological polar surface area (TPSA) is 115 Å². The van der Waals surface area contributed by atoms with Crippen molar-refractivity contribution in [1.82, 2.24) is 0 Å². The molecule has 1 rings (SSSR count). The van der Waals surface area contributed by atoms with Gasteiger partial charge in [0.25, 0.3) is 0 Å². The lowest BCUT2D eigenvalue weighted by molar-refractivity contribution is 0.296. The first-order chi connectivity index (χ1) is 6.71. The highest BCUT2D eigenvalue weighted by atomic mass is 31.2. The van der Waals surface area contributed by atoms with E-state index < -0.39 is 20.1 Å². The molecule has 0 amide bonds. The van der Waals surface area contributed by atoms with Gasteiger partial charge in [-0.3, -0.25) is 9.13 Å². The summed E-state index contributed by atoms with van der Waals surface area (Å²) in [7, 11) is -9.57. The molecule has 1 aliphatic rings. The van der Waals surface area contributed by atoms with Crippen molar-refractivity contribution in [1.29, 1.82) is 0 Å². The minimum absolute atomic E-state index is 0.0957. The van der Waals surface area contributed by atoms with E-state index in [9.17, 15) is 28.7 Å². The second-order valence-corrected chi connectivity index (χ2v) is 8.23. The molecule has 0 radical (unpaired) electrons. The van der Waals surface area contributed by atoms with Crippen LogP contribution in [0.5, 0.6) is 0 Å². The van der Waals surface area contributed by atoms with E-state index in [1.54, 1.807) is 0 Å². The van der Waals surface area contributed by atoms with E-state index in [0.717, 1.165) is 12.8 Å². The molecule has 0 aromatic carbocycles. The maximum atomic E-state index is 11.3. The Hall–Kier alpha value is 0.300. The lowest BCUT2D eigenvalue weighted by atomic mass is 10.2. The molecular weight excluding hydrogens is 242 g/mol. The fraction of sp³-hybridized carbons (Fsp3) is 1.00. The SMILES string of the molecule is O=P(O)(O)C1(P(=O)(O)O)CCCCCC1. The van der Waals surface area contributed by atoms with Gasteiger partial charge in [-0.2, -0.15) is 0 Å². The summed E-state index contributed by atoms with van der Waals surface area (Å²) in [6, 6.07) is 0. The van der Waals surface area contributed by atoms with Gasteiger partial charge in [0.15, 0.2) is 4.90 Å². The molecule has 4 N–H and O–H groups in total. The van der Waals surface area contributed by atoms with Crippen LogP contribution in [0.2, 0.25) is 0 Å². The summed E-state index contributed by atoms with van der Waals surface area (Å²) in [5.41, 5.74) is 0. The van der Waals surface area contributed by atoms with E-state index in [4.69, 9.17) is 0 Å². The van der Waals surface area contributed by atoms with Crippen molar-refractivity contribution in [3.05, 3.63) is 0 Å². The molecule has 0 bridgehead atoms. The van der Waals surface area contributed by atoms with Crippen LogP contribution in [0.3, 0.4) is 0 Å². The van der Waals surface area contributed by atoms with E-state index in [2.05, 4.69) is 0 Å². The van der Waals surface area contributed by atoms with E-state index in [1.807, 2.05) is 0 Å². The lowest BCUT2D eigenvalue weighted by Gasteiger charge is -2.33. The summed E-state index contributed by atoms with van der Waals surface area (Å²) < 4.78 is 22.6. The molecule has 1 aliphatic carbocycles. The van der Waals surface area contributed by atoms with Crippen molar-refractivity contribution in [2.24, 2.45) is 0 Å². The van der Waals surface area contributed by atoms with Crippen molar-refractivity contribution in [2.75, 3.05) is 0 Å². The van der Waals surface area contributed by atoms with Gasteiger partial charge in [0, 0.05) is 0 Å². The molecule has 0 saturated heterocycles. The molecule has 0 aromatic rings. The number of hydrogen-bond acceptors (Lipinski definition) is 2. The average Bonchev–Trinajstić information content (AvgIpc) is 2.25. The van der Waals surface area contributed by atoms with Crippen LogP contribution in [-0.2, 0) is 9.13 Å². The third-order valence-electron chi connectivity index (χ3n) is 2.99. The Labute approximate surface area is 88.0 Å². The van der Waals surface area contributed by atoms with Gasteiger partial charge >= 0.3 is 15.2 Å². The zero-order valence-corrected chi connectivity index (χ0v) is 10.0. The highest BCUT2D eigenvalue weighted by Crippen LogP contribution is 2.73. The Bertz CT molecular complexity index is 283. The van der Waals surface area contributed by atoms with E-state index >= 15 is 0 Å². The predicted octanol–water partition coefficient (Wildman–Crippen LogP) is 1.39. The molecule has 0 unspecified atom stereocenters. The molecule has 0 atom stereocenters. The Morgan fingerprint density at radius 2 is 1.07 bits per heavy atom. The summed E-state index contributed by atoms with van der Waals surface area (Å²) in [5.74, 6) is 0. The van der Waals surface area contributed by atoms with Crippen LogP contribution in [0.4, 0.5) is 0 Å². The third-order valence-corrected chi connectivity index (χ3v) is 7.62. The fourth-order valence-electron chi connectivity index (χ4n) is 2.05. The molecule has 1 fully saturated rings. The Morgan fingerprint density at radius 3 is 1.33 bits per heavy atom. The molecule has 0 heterocycles. The fourth-order valence-corrected chi connectivity index (χ4v) is 5.20. The highest BCUT2D eigenvalue weighted by molar-refractivity contribution is 7.72. The number of rotatable bonds is 2. The Morgan fingerprint density at radius 1 is 0.733 bits per heavy atom. The van der Waals surface area contributed by atoms with E-state index in [0.29, 0.717) is 12.8 Å². The van der Waals surface area contributed by atoms with Gasteiger partial charge < -0.3 is 19.6 Å². The molecule has 15 heavy (non-hydrogen) atoms. The monoisotopic (exact) mass is 258 g/mol. The van der Waals surface area contributed by atoms with E-state index in [-0.39, 0.29) is 12.8 Å². The van der Waals surface area contributed by atoms with Crippen LogP contribution in [0.15, 0.2) is 0 Å². The van der Waals surface area contributed by atoms with Gasteiger partial charge in [0.1, 0.15) is 0 Å². The van der Waals surface area contributed by atoms with E-state index in [1.165, 1.54) is 0 Å². The first-order valence-corrected chi connectivity index (χ1v) is 8.04. The van der Waals surface area contributed by atoms with Crippen LogP contribution in [0, 0.1) is 0 Å². The second-order valence-electron chi connectivity index (χ2n) is 3.98. The zero-order valence-electron chi connectivity index (χ0n) is 8.24. The minimum Gasteiger partial charge on any atom is -0.324 e. The molecule has 8 heteroatoms. The minimum atomic E-state index is -4.78. The van der Waals surface area contributed by atoms with Gasteiger partial charge in [0.2, 0.25) is 0 Å². The summed E-state index contributed by atoms with van der Waals surface area (Å²) in [4.78, 5) is 34.6. The molecule has 1 saturated carbocycles. The van der Waals surface area contributed by atoms with Gasteiger partial charge in [-0.1, -0.05) is 25.7 Å². The summed E-state index contributed by atoms with van der Waals surface area (Å²) in [6.07, 6.45) is 2.25. The predicted molar refractivity (Wildman–Crippen MR) is 54.5 cm³/mol. The quantitative estimate of drug-likeness (QED) is 0.439. The highest BCUT2D eigenvalue weighted by Gasteiger charge is 2.59. The van der Waals surface area contributed by atoms with Gasteiger partial charge in [0.05, 0.1) is 0 Å². The second kappa shape index (κ2) is 4.28. The van der Waals surface area contributed by atoms with Crippen LogP contribution in [0.1, 0.15) is 38.5 Å². The molecule has 0 aliphatic heterocycles. The first-order valence-electron chi connectivity index (χ1n) is 4.82. The summed E-state index contributed by atoms with van der Waals surface area (Å²) >= 11 is 0. The lowest BCUT2D eigenvalue weighted by Crippen LogP contribution is -2.28. The largest absolute Gasteiger partial charge is 0.343 e. The summed E-state index contributed by atoms with van der Waals surface area (Å²) in [6.45, 7) is 0. The third kappa shape index (κ3) is 2.52. The first kappa shape index (κ1) is 13.4. The number of hydrogen-bond donors (Lipinski definition) is 4. The van der Waals surface area contributed by atoms with Gasteiger partial charge in [-0.25, -0.2) is 0 Å². The Balaban J connectivity index is 3.17. The van der Waals surface area contributed by atoms with Gasteiger partial charge in [-0.15, -0.1) is 0 Å². The normalized spacial score (nSPS) is 23.5. The molecule has 6 nitrogen and oxygen atoms in total. The standard InChI is InChI=1S/C7H16O6P2/c8-14(9,10)7(15(11,12)13)5-3-1-2-4-6-7/h1-6H2,(H2,8,9,10)(H2,11,12,13). The molecule has 0 spiro atoms. The molecule has 0 aromatic heterocycles. The smallest absolute Gasteiger partial charge is 0.324 e. The van der Waals surface area contributed by atoms with Crippen LogP contribution in [0.25, 0.3) is 0 Å². The maximum absolute atomic E-state index is 11.3. The van der Waals surface area contributed by atoms with Crippen molar-refractivity contribution < 1.29 is 28.7 Å². The average molecular weight is 258 g/mol. The molecular formula is C7H16O6P2. The van der Waals surface area contributed by atoms with Crippen LogP contribution in [-0.4, -0.2) is 24.5 Å². The maximum Gasteiger partial charge on any atom is 0.343 e. The van der Waals surface area contributed by atoms with Crippen molar-refractivity contribution in [3.8, 4) is 0 Å². The van der Waals surface area contributed by atoms with Crippen LogP contribution < -0.4 is 0 Å². The van der Waals surface area contributed by atoms with Crippen molar-refractivity contribution in [2.45, 2.75) is 43.4 Å². The van der Waals surface area contributed by atoms with Crippen molar-refractivity contribution in [3.63, 3.8) is 0 Å². The Kier molecular flexibility index (Phi) is 3.82. The zero-order chi connectivity index (χ0) is 11.7. The van der Waals surface area contributed by atoms with Crippen LogP contribution >= 0.6 is 15.2 Å². The van der Waals surface area contributed by atoms with Gasteiger partial charge in [-0.05, 0) is 12.8 Å².